The predicted octanol–water partition coefficient (Wildman–Crippen LogP) is 4.98. The zero-order valence-electron chi connectivity index (χ0n) is 30.0. The van der Waals surface area contributed by atoms with Crippen LogP contribution in [0, 0.1) is 5.92 Å². The fourth-order valence-corrected chi connectivity index (χ4v) is 8.61. The van der Waals surface area contributed by atoms with Crippen molar-refractivity contribution in [2.24, 2.45) is 5.92 Å². The minimum atomic E-state index is -3.94. The first-order valence-electron chi connectivity index (χ1n) is 18.5. The molecular weight excluding hydrogens is 681 g/mol. The lowest BCUT2D eigenvalue weighted by molar-refractivity contribution is -0.140. The lowest BCUT2D eigenvalue weighted by atomic mass is 10.0. The summed E-state index contributed by atoms with van der Waals surface area (Å²) in [5.74, 6) is -1.54. The van der Waals surface area contributed by atoms with Gasteiger partial charge in [0.15, 0.2) is 0 Å². The number of amides is 3. The van der Waals surface area contributed by atoms with E-state index < -0.39 is 50.3 Å². The van der Waals surface area contributed by atoms with Gasteiger partial charge >= 0.3 is 0 Å². The number of para-hydroxylation sites is 3. The average molecular weight is 729 g/mol. The van der Waals surface area contributed by atoms with Gasteiger partial charge in [0.1, 0.15) is 29.4 Å². The molecule has 276 valence electrons. The molecule has 0 unspecified atom stereocenters. The van der Waals surface area contributed by atoms with E-state index in [2.05, 4.69) is 15.4 Å². The maximum atomic E-state index is 14.6. The van der Waals surface area contributed by atoms with Crippen LogP contribution in [0.1, 0.15) is 90.2 Å². The second kappa shape index (κ2) is 14.1. The maximum absolute atomic E-state index is 14.6. The van der Waals surface area contributed by atoms with E-state index >= 15 is 0 Å². The zero-order chi connectivity index (χ0) is 36.7. The SMILES string of the molecule is CC(C)c1nc2ccccc2nc1O[C@@H]1C[C@H]2C(=O)N[C@]3(C(=O)NS(=O)(=O)C4(C)CC4)C[C@H]3C=CCCCCC[C@H](Nc3ccccc3)C(=O)N2C1. The summed E-state index contributed by atoms with van der Waals surface area (Å²) in [7, 11) is -3.94. The number of anilines is 1. The molecule has 1 aromatic heterocycles. The summed E-state index contributed by atoms with van der Waals surface area (Å²) in [6.45, 7) is 5.75. The van der Waals surface area contributed by atoms with E-state index in [1.54, 1.807) is 11.8 Å². The zero-order valence-corrected chi connectivity index (χ0v) is 30.8. The van der Waals surface area contributed by atoms with Crippen molar-refractivity contribution in [3.05, 3.63) is 72.4 Å². The summed E-state index contributed by atoms with van der Waals surface area (Å²) in [6.07, 6.45) is 8.59. The van der Waals surface area contributed by atoms with Gasteiger partial charge in [0, 0.05) is 23.9 Å². The Morgan fingerprint density at radius 1 is 1.00 bits per heavy atom. The van der Waals surface area contributed by atoms with Gasteiger partial charge in [-0.05, 0) is 69.7 Å². The van der Waals surface area contributed by atoms with E-state index in [4.69, 9.17) is 14.7 Å². The Labute approximate surface area is 305 Å². The highest BCUT2D eigenvalue weighted by Gasteiger charge is 2.63. The van der Waals surface area contributed by atoms with Crippen molar-refractivity contribution < 1.29 is 27.5 Å². The van der Waals surface area contributed by atoms with Crippen molar-refractivity contribution in [3.63, 3.8) is 0 Å². The van der Waals surface area contributed by atoms with E-state index in [0.29, 0.717) is 36.4 Å². The molecule has 3 N–H and O–H groups in total. The van der Waals surface area contributed by atoms with Crippen molar-refractivity contribution in [3.8, 4) is 5.88 Å². The molecule has 13 heteroatoms. The van der Waals surface area contributed by atoms with Gasteiger partial charge in [0.25, 0.3) is 5.91 Å². The Morgan fingerprint density at radius 3 is 2.42 bits per heavy atom. The summed E-state index contributed by atoms with van der Waals surface area (Å²) in [5, 5.41) is 6.38. The van der Waals surface area contributed by atoms with E-state index in [-0.39, 0.29) is 37.1 Å². The first kappa shape index (κ1) is 35.9. The molecule has 3 amide bonds. The lowest BCUT2D eigenvalue weighted by Crippen LogP contribution is -2.58. The van der Waals surface area contributed by atoms with Gasteiger partial charge in [-0.2, -0.15) is 0 Å². The average Bonchev–Trinajstić information content (AvgIpc) is 4.00. The number of allylic oxidation sites excluding steroid dienone is 1. The summed E-state index contributed by atoms with van der Waals surface area (Å²) in [4.78, 5) is 54.1. The highest BCUT2D eigenvalue weighted by Crippen LogP contribution is 2.47. The molecule has 3 heterocycles. The standard InChI is InChI=1S/C39H48N6O6S/c1-25(2)33-35(42-30-18-13-12-17-29(30)41-33)51-28-22-32-34(46)43-39(37(48)44-52(49,50)38(3)20-21-38)23-26(39)14-8-5-4-6-11-19-31(36(47)45(32)24-28)40-27-15-9-7-10-16-27/h7-10,12-18,25-26,28,31-32,40H,4-6,11,19-24H2,1-3H3,(H,43,46)(H,44,48)/t26-,28-,31+,32+,39-/m1/s1. The van der Waals surface area contributed by atoms with Crippen LogP contribution in [0.4, 0.5) is 5.69 Å². The number of nitrogens with zero attached hydrogens (tertiary/aromatic N) is 3. The Hall–Kier alpha value is -4.52. The molecule has 7 rings (SSSR count). The Kier molecular flexibility index (Phi) is 9.75. The molecule has 2 aromatic carbocycles. The number of hydrogen-bond donors (Lipinski definition) is 3. The molecule has 3 fully saturated rings. The quantitative estimate of drug-likeness (QED) is 0.272. The highest BCUT2D eigenvalue weighted by atomic mass is 32.2. The van der Waals surface area contributed by atoms with Gasteiger partial charge in [0.05, 0.1) is 22.3 Å². The van der Waals surface area contributed by atoms with Crippen LogP contribution in [-0.2, 0) is 24.4 Å². The third-order valence-electron chi connectivity index (χ3n) is 11.0. The first-order chi connectivity index (χ1) is 24.9. The van der Waals surface area contributed by atoms with Crippen LogP contribution in [-0.4, -0.2) is 76.0 Å². The number of rotatable bonds is 8. The topological polar surface area (TPSA) is 160 Å². The number of benzene rings is 2. The van der Waals surface area contributed by atoms with Gasteiger partial charge in [0.2, 0.25) is 27.7 Å². The van der Waals surface area contributed by atoms with E-state index in [0.717, 1.165) is 36.9 Å². The number of carbonyl (C=O) groups excluding carboxylic acids is 3. The second-order valence-electron chi connectivity index (χ2n) is 15.3. The van der Waals surface area contributed by atoms with Crippen LogP contribution in [0.5, 0.6) is 5.88 Å². The monoisotopic (exact) mass is 728 g/mol. The number of ether oxygens (including phenoxy) is 1. The van der Waals surface area contributed by atoms with E-state index in [9.17, 15) is 22.8 Å². The molecule has 0 spiro atoms. The molecular formula is C39H48N6O6S. The van der Waals surface area contributed by atoms with Gasteiger partial charge in [-0.1, -0.05) is 69.2 Å². The number of nitrogens with one attached hydrogen (secondary N) is 3. The normalized spacial score (nSPS) is 27.5. The summed E-state index contributed by atoms with van der Waals surface area (Å²) in [5.41, 5.74) is 1.44. The van der Waals surface area contributed by atoms with Gasteiger partial charge in [-0.3, -0.25) is 19.1 Å². The van der Waals surface area contributed by atoms with Crippen LogP contribution in [0.3, 0.4) is 0 Å². The molecule has 2 aliphatic heterocycles. The van der Waals surface area contributed by atoms with Crippen molar-refractivity contribution in [2.45, 2.75) is 113 Å². The highest BCUT2D eigenvalue weighted by molar-refractivity contribution is 7.91. The molecule has 52 heavy (non-hydrogen) atoms. The summed E-state index contributed by atoms with van der Waals surface area (Å²) in [6, 6.07) is 15.5. The Bertz CT molecular complexity index is 1980. The Balaban J connectivity index is 1.21. The van der Waals surface area contributed by atoms with Crippen LogP contribution in [0.2, 0.25) is 0 Å². The largest absolute Gasteiger partial charge is 0.471 e. The third-order valence-corrected chi connectivity index (χ3v) is 13.1. The predicted molar refractivity (Wildman–Crippen MR) is 198 cm³/mol. The fourth-order valence-electron chi connectivity index (χ4n) is 7.30. The number of carbonyl (C=O) groups is 3. The molecule has 2 saturated carbocycles. The lowest BCUT2D eigenvalue weighted by Gasteiger charge is -2.30. The third kappa shape index (κ3) is 7.24. The van der Waals surface area contributed by atoms with Gasteiger partial charge in [-0.15, -0.1) is 0 Å². The van der Waals surface area contributed by atoms with Crippen molar-refractivity contribution in [2.75, 3.05) is 11.9 Å². The van der Waals surface area contributed by atoms with Crippen molar-refractivity contribution >= 4 is 44.5 Å². The first-order valence-corrected chi connectivity index (χ1v) is 20.0. The molecule has 3 aromatic rings. The number of sulfonamides is 1. The molecule has 0 radical (unpaired) electrons. The Morgan fingerprint density at radius 2 is 1.71 bits per heavy atom. The minimum Gasteiger partial charge on any atom is -0.471 e. The van der Waals surface area contributed by atoms with E-state index in [1.165, 1.54) is 0 Å². The van der Waals surface area contributed by atoms with E-state index in [1.807, 2.05) is 80.6 Å². The van der Waals surface area contributed by atoms with Gasteiger partial charge in [-0.25, -0.2) is 18.4 Å². The molecule has 5 atom stereocenters. The van der Waals surface area contributed by atoms with Gasteiger partial charge < -0.3 is 20.3 Å². The second-order valence-corrected chi connectivity index (χ2v) is 17.5. The molecule has 12 nitrogen and oxygen atoms in total. The van der Waals surface area contributed by atoms with Crippen LogP contribution < -0.4 is 20.1 Å². The van der Waals surface area contributed by atoms with Crippen LogP contribution in [0.25, 0.3) is 11.0 Å². The molecule has 4 aliphatic rings. The summed E-state index contributed by atoms with van der Waals surface area (Å²) >= 11 is 0. The summed E-state index contributed by atoms with van der Waals surface area (Å²) < 4.78 is 34.1. The number of aromatic nitrogens is 2. The molecule has 1 saturated heterocycles. The number of hydrogen-bond acceptors (Lipinski definition) is 9. The fraction of sp³-hybridized carbons (Fsp3) is 0.513. The van der Waals surface area contributed by atoms with Crippen molar-refractivity contribution in [1.82, 2.24) is 24.9 Å². The van der Waals surface area contributed by atoms with Crippen molar-refractivity contribution in [1.29, 1.82) is 0 Å². The minimum absolute atomic E-state index is 0.00393. The molecule has 2 aliphatic carbocycles. The van der Waals surface area contributed by atoms with Crippen LogP contribution in [0.15, 0.2) is 66.7 Å². The van der Waals surface area contributed by atoms with Crippen LogP contribution >= 0.6 is 0 Å². The molecule has 0 bridgehead atoms. The maximum Gasteiger partial charge on any atom is 0.259 e. The number of fused-ring (bicyclic) bond motifs is 3. The smallest absolute Gasteiger partial charge is 0.259 e.